The minimum absolute atomic E-state index is 0.0487. The summed E-state index contributed by atoms with van der Waals surface area (Å²) in [6.45, 7) is 4.43. The van der Waals surface area contributed by atoms with Crippen molar-refractivity contribution < 1.29 is 14.3 Å². The van der Waals surface area contributed by atoms with Crippen LogP contribution in [0.3, 0.4) is 0 Å². The highest BCUT2D eigenvalue weighted by molar-refractivity contribution is 5.78. The molecule has 0 aliphatic carbocycles. The molecule has 3 N–H and O–H groups in total. The highest BCUT2D eigenvalue weighted by atomic mass is 16.7. The van der Waals surface area contributed by atoms with Gasteiger partial charge in [0, 0.05) is 12.1 Å². The van der Waals surface area contributed by atoms with Gasteiger partial charge in [0.2, 0.25) is 12.7 Å². The molecule has 1 heterocycles. The Labute approximate surface area is 106 Å². The van der Waals surface area contributed by atoms with E-state index in [0.717, 1.165) is 11.3 Å². The van der Waals surface area contributed by atoms with Crippen molar-refractivity contribution in [1.29, 1.82) is 0 Å². The van der Waals surface area contributed by atoms with E-state index in [9.17, 15) is 4.79 Å². The molecule has 1 aromatic carbocycles. The summed E-state index contributed by atoms with van der Waals surface area (Å²) in [5.41, 5.74) is 6.30. The fourth-order valence-corrected chi connectivity index (χ4v) is 1.63. The summed E-state index contributed by atoms with van der Waals surface area (Å²) in [5, 5.41) is 2.80. The van der Waals surface area contributed by atoms with Crippen LogP contribution in [0.15, 0.2) is 18.2 Å². The standard InChI is InChI=1S/C13H18N2O3/c1-13(2,14)7-15-12(16)6-9-3-4-10-11(5-9)18-8-17-10/h3-5H,6-8,14H2,1-2H3,(H,15,16). The summed E-state index contributed by atoms with van der Waals surface area (Å²) in [4.78, 5) is 11.7. The zero-order chi connectivity index (χ0) is 13.2. The average molecular weight is 250 g/mol. The van der Waals surface area contributed by atoms with Crippen LogP contribution in [0, 0.1) is 0 Å². The van der Waals surface area contributed by atoms with Gasteiger partial charge >= 0.3 is 0 Å². The molecule has 0 fully saturated rings. The van der Waals surface area contributed by atoms with Crippen LogP contribution in [0.25, 0.3) is 0 Å². The number of benzene rings is 1. The Balaban J connectivity index is 1.91. The van der Waals surface area contributed by atoms with E-state index in [1.807, 2.05) is 32.0 Å². The normalized spacial score (nSPS) is 13.5. The maximum atomic E-state index is 11.7. The van der Waals surface area contributed by atoms with E-state index < -0.39 is 5.54 Å². The summed E-state index contributed by atoms with van der Waals surface area (Å²) in [7, 11) is 0. The maximum Gasteiger partial charge on any atom is 0.231 e. The van der Waals surface area contributed by atoms with Gasteiger partial charge in [-0.2, -0.15) is 0 Å². The minimum Gasteiger partial charge on any atom is -0.454 e. The van der Waals surface area contributed by atoms with E-state index in [4.69, 9.17) is 15.2 Å². The van der Waals surface area contributed by atoms with Crippen LogP contribution in [0.1, 0.15) is 19.4 Å². The second-order valence-electron chi connectivity index (χ2n) is 5.13. The molecule has 5 heteroatoms. The number of ether oxygens (including phenoxy) is 2. The van der Waals surface area contributed by atoms with Gasteiger partial charge in [0.25, 0.3) is 0 Å². The van der Waals surface area contributed by atoms with Crippen molar-refractivity contribution in [3.8, 4) is 11.5 Å². The third-order valence-electron chi connectivity index (χ3n) is 2.54. The van der Waals surface area contributed by atoms with Crippen molar-refractivity contribution >= 4 is 5.91 Å². The summed E-state index contributed by atoms with van der Waals surface area (Å²) in [5.74, 6) is 1.37. The number of rotatable bonds is 4. The molecule has 0 unspecified atom stereocenters. The van der Waals surface area contributed by atoms with Crippen LogP contribution in [-0.4, -0.2) is 24.8 Å². The minimum atomic E-state index is -0.398. The van der Waals surface area contributed by atoms with E-state index in [2.05, 4.69) is 5.32 Å². The predicted molar refractivity (Wildman–Crippen MR) is 67.5 cm³/mol. The quantitative estimate of drug-likeness (QED) is 0.829. The van der Waals surface area contributed by atoms with Gasteiger partial charge in [-0.3, -0.25) is 4.79 Å². The van der Waals surface area contributed by atoms with Gasteiger partial charge in [-0.1, -0.05) is 6.07 Å². The van der Waals surface area contributed by atoms with Crippen molar-refractivity contribution in [2.45, 2.75) is 25.8 Å². The lowest BCUT2D eigenvalue weighted by atomic mass is 10.1. The zero-order valence-corrected chi connectivity index (χ0v) is 10.7. The smallest absolute Gasteiger partial charge is 0.231 e. The zero-order valence-electron chi connectivity index (χ0n) is 10.7. The van der Waals surface area contributed by atoms with Gasteiger partial charge in [0.1, 0.15) is 0 Å². The molecular weight excluding hydrogens is 232 g/mol. The molecule has 5 nitrogen and oxygen atoms in total. The number of fused-ring (bicyclic) bond motifs is 1. The van der Waals surface area contributed by atoms with Crippen molar-refractivity contribution in [2.75, 3.05) is 13.3 Å². The van der Waals surface area contributed by atoms with Gasteiger partial charge < -0.3 is 20.5 Å². The van der Waals surface area contributed by atoms with Crippen molar-refractivity contribution in [1.82, 2.24) is 5.32 Å². The van der Waals surface area contributed by atoms with E-state index >= 15 is 0 Å². The largest absolute Gasteiger partial charge is 0.454 e. The van der Waals surface area contributed by atoms with Crippen molar-refractivity contribution in [3.05, 3.63) is 23.8 Å². The summed E-state index contributed by atoms with van der Waals surface area (Å²) < 4.78 is 10.5. The molecule has 0 saturated heterocycles. The Morgan fingerprint density at radius 1 is 1.39 bits per heavy atom. The lowest BCUT2D eigenvalue weighted by molar-refractivity contribution is -0.120. The van der Waals surface area contributed by atoms with Crippen LogP contribution < -0.4 is 20.5 Å². The van der Waals surface area contributed by atoms with E-state index in [1.165, 1.54) is 0 Å². The fourth-order valence-electron chi connectivity index (χ4n) is 1.63. The van der Waals surface area contributed by atoms with E-state index in [1.54, 1.807) is 0 Å². The molecule has 0 spiro atoms. The predicted octanol–water partition coefficient (Wildman–Crippen LogP) is 0.811. The van der Waals surface area contributed by atoms with Gasteiger partial charge in [-0.25, -0.2) is 0 Å². The number of nitrogens with two attached hydrogens (primary N) is 1. The summed E-state index contributed by atoms with van der Waals surface area (Å²) >= 11 is 0. The molecule has 0 bridgehead atoms. The van der Waals surface area contributed by atoms with Crippen molar-refractivity contribution in [2.24, 2.45) is 5.73 Å². The molecular formula is C13H18N2O3. The first-order chi connectivity index (χ1) is 8.44. The Kier molecular flexibility index (Phi) is 3.43. The summed E-state index contributed by atoms with van der Waals surface area (Å²) in [6.07, 6.45) is 0.312. The van der Waals surface area contributed by atoms with Gasteiger partial charge in [0.15, 0.2) is 11.5 Å². The molecule has 0 atom stereocenters. The topological polar surface area (TPSA) is 73.6 Å². The fraction of sp³-hybridized carbons (Fsp3) is 0.462. The summed E-state index contributed by atoms with van der Waals surface area (Å²) in [6, 6.07) is 5.51. The van der Waals surface area contributed by atoms with E-state index in [-0.39, 0.29) is 12.7 Å². The number of amides is 1. The average Bonchev–Trinajstić information content (AvgIpc) is 2.72. The molecule has 2 rings (SSSR count). The molecule has 1 amide bonds. The van der Waals surface area contributed by atoms with Crippen LogP contribution >= 0.6 is 0 Å². The molecule has 1 aromatic rings. The molecule has 0 radical (unpaired) electrons. The molecule has 98 valence electrons. The van der Waals surface area contributed by atoms with Gasteiger partial charge in [-0.05, 0) is 31.5 Å². The number of carbonyl (C=O) groups excluding carboxylic acids is 1. The SMILES string of the molecule is CC(C)(N)CNC(=O)Cc1ccc2c(c1)OCO2. The molecule has 0 saturated carbocycles. The number of nitrogens with one attached hydrogen (secondary N) is 1. The lowest BCUT2D eigenvalue weighted by Crippen LogP contribution is -2.45. The Bertz CT molecular complexity index is 452. The highest BCUT2D eigenvalue weighted by Gasteiger charge is 2.15. The van der Waals surface area contributed by atoms with Gasteiger partial charge in [0.05, 0.1) is 6.42 Å². The lowest BCUT2D eigenvalue weighted by Gasteiger charge is -2.18. The molecule has 18 heavy (non-hydrogen) atoms. The number of carbonyl (C=O) groups is 1. The highest BCUT2D eigenvalue weighted by Crippen LogP contribution is 2.32. The molecule has 1 aliphatic heterocycles. The third-order valence-corrected chi connectivity index (χ3v) is 2.54. The number of hydrogen-bond acceptors (Lipinski definition) is 4. The Morgan fingerprint density at radius 2 is 2.11 bits per heavy atom. The Hall–Kier alpha value is -1.75. The van der Waals surface area contributed by atoms with Gasteiger partial charge in [-0.15, -0.1) is 0 Å². The van der Waals surface area contributed by atoms with Crippen molar-refractivity contribution in [3.63, 3.8) is 0 Å². The maximum absolute atomic E-state index is 11.7. The molecule has 0 aromatic heterocycles. The van der Waals surface area contributed by atoms with Crippen LogP contribution in [0.4, 0.5) is 0 Å². The third kappa shape index (κ3) is 3.37. The molecule has 1 aliphatic rings. The Morgan fingerprint density at radius 3 is 2.83 bits per heavy atom. The monoisotopic (exact) mass is 250 g/mol. The number of hydrogen-bond donors (Lipinski definition) is 2. The van der Waals surface area contributed by atoms with Crippen LogP contribution in [0.2, 0.25) is 0 Å². The first-order valence-corrected chi connectivity index (χ1v) is 5.88. The van der Waals surface area contributed by atoms with Crippen LogP contribution in [0.5, 0.6) is 11.5 Å². The second kappa shape index (κ2) is 4.86. The second-order valence-corrected chi connectivity index (χ2v) is 5.13. The first-order valence-electron chi connectivity index (χ1n) is 5.88. The first kappa shape index (κ1) is 12.7. The van der Waals surface area contributed by atoms with E-state index in [0.29, 0.717) is 18.7 Å². The van der Waals surface area contributed by atoms with Crippen LogP contribution in [-0.2, 0) is 11.2 Å².